The molecule has 46 valence electrons. The SMILES string of the molecule is O=S(=O)([O-])[O-].[AsH3].[Fe+2]. The Morgan fingerprint density at radius 2 is 1.14 bits per heavy atom. The fourth-order valence-electron chi connectivity index (χ4n) is 0. The van der Waals surface area contributed by atoms with E-state index in [2.05, 4.69) is 0 Å². The van der Waals surface area contributed by atoms with Crippen molar-refractivity contribution in [1.82, 2.24) is 0 Å². The largest absolute Gasteiger partial charge is 2.00 e. The molecule has 0 aromatic carbocycles. The van der Waals surface area contributed by atoms with Gasteiger partial charge in [-0.3, -0.25) is 8.42 Å². The summed E-state index contributed by atoms with van der Waals surface area (Å²) in [6.45, 7) is 0. The molecule has 0 aliphatic heterocycles. The average molecular weight is 230 g/mol. The van der Waals surface area contributed by atoms with Gasteiger partial charge in [-0.2, -0.15) is 0 Å². The molecule has 0 bridgehead atoms. The van der Waals surface area contributed by atoms with Crippen molar-refractivity contribution in [2.45, 2.75) is 0 Å². The molecular weight excluding hydrogens is 227 g/mol. The molecule has 0 fully saturated rings. The van der Waals surface area contributed by atoms with Crippen LogP contribution in [0.4, 0.5) is 0 Å². The Hall–Kier alpha value is 0.948. The van der Waals surface area contributed by atoms with Gasteiger partial charge in [-0.15, -0.1) is 0 Å². The average Bonchev–Trinajstić information content (AvgIpc) is 0.722. The van der Waals surface area contributed by atoms with Crippen LogP contribution in [0.3, 0.4) is 0 Å². The van der Waals surface area contributed by atoms with Gasteiger partial charge in [0, 0.05) is 10.4 Å². The molecule has 0 aliphatic rings. The number of hydrogen-bond acceptors (Lipinski definition) is 4. The first-order valence-corrected chi connectivity index (χ1v) is 2.00. The normalized spacial score (nSPS) is 8.29. The van der Waals surface area contributed by atoms with Crippen molar-refractivity contribution in [1.29, 1.82) is 0 Å². The van der Waals surface area contributed by atoms with E-state index in [0.29, 0.717) is 0 Å². The standard InChI is InChI=1S/AsH3.Fe.H2O4S/c;;1-5(2,3)4/h1H3;;(H2,1,2,3,4)/q;+2;/p-2. The van der Waals surface area contributed by atoms with Crippen molar-refractivity contribution in [3.8, 4) is 0 Å². The summed E-state index contributed by atoms with van der Waals surface area (Å²) in [6, 6.07) is 0. The summed E-state index contributed by atoms with van der Waals surface area (Å²) in [4.78, 5) is 0. The van der Waals surface area contributed by atoms with Crippen molar-refractivity contribution in [3.05, 3.63) is 0 Å². The summed E-state index contributed by atoms with van der Waals surface area (Å²) in [5, 5.41) is 0. The van der Waals surface area contributed by atoms with Gasteiger partial charge in [-0.05, 0) is 0 Å². The number of hydrogen-bond donors (Lipinski definition) is 0. The van der Waals surface area contributed by atoms with Crippen LogP contribution in [0.25, 0.3) is 0 Å². The Bertz CT molecular complexity index is 94.9. The Kier molecular flexibility index (Phi) is 11.4. The fourth-order valence-corrected chi connectivity index (χ4v) is 0. The molecule has 0 aliphatic carbocycles. The maximum absolute atomic E-state index is 8.52. The van der Waals surface area contributed by atoms with Crippen LogP contribution in [0.1, 0.15) is 0 Å². The predicted octanol–water partition coefficient (Wildman–Crippen LogP) is -2.52. The van der Waals surface area contributed by atoms with E-state index in [-0.39, 0.29) is 35.0 Å². The summed E-state index contributed by atoms with van der Waals surface area (Å²) in [5.74, 6) is 0. The van der Waals surface area contributed by atoms with E-state index < -0.39 is 10.4 Å². The van der Waals surface area contributed by atoms with Crippen LogP contribution in [0.5, 0.6) is 0 Å². The van der Waals surface area contributed by atoms with Crippen LogP contribution < -0.4 is 0 Å². The summed E-state index contributed by atoms with van der Waals surface area (Å²) >= 11 is 0. The second kappa shape index (κ2) is 5.09. The van der Waals surface area contributed by atoms with Crippen LogP contribution in [0, 0.1) is 0 Å². The summed E-state index contributed by atoms with van der Waals surface area (Å²) < 4.78 is 34.1. The first-order valence-electron chi connectivity index (χ1n) is 0.667. The zero-order chi connectivity index (χ0) is 4.50. The van der Waals surface area contributed by atoms with E-state index in [4.69, 9.17) is 17.5 Å². The summed E-state index contributed by atoms with van der Waals surface area (Å²) in [7, 11) is -5.17. The van der Waals surface area contributed by atoms with E-state index in [9.17, 15) is 0 Å². The van der Waals surface area contributed by atoms with Gasteiger partial charge in [0.2, 0.25) is 0 Å². The summed E-state index contributed by atoms with van der Waals surface area (Å²) in [5.41, 5.74) is 0. The van der Waals surface area contributed by atoms with Crippen LogP contribution >= 0.6 is 0 Å². The predicted molar refractivity (Wildman–Crippen MR) is 20.4 cm³/mol. The molecular formula is H3AsFeO4S. The van der Waals surface area contributed by atoms with Gasteiger partial charge in [0.1, 0.15) is 0 Å². The molecule has 7 heteroatoms. The monoisotopic (exact) mass is 230 g/mol. The minimum Gasteiger partial charge on any atom is 2.00 e. The van der Waals surface area contributed by atoms with Gasteiger partial charge >= 0.3 is 35.0 Å². The Morgan fingerprint density at radius 3 is 1.14 bits per heavy atom. The van der Waals surface area contributed by atoms with Crippen LogP contribution in [-0.2, 0) is 27.5 Å². The molecule has 0 rings (SSSR count). The van der Waals surface area contributed by atoms with E-state index >= 15 is 0 Å². The topological polar surface area (TPSA) is 80.3 Å². The molecule has 7 heavy (non-hydrogen) atoms. The van der Waals surface area contributed by atoms with Crippen molar-refractivity contribution in [3.63, 3.8) is 0 Å². The summed E-state index contributed by atoms with van der Waals surface area (Å²) in [6.07, 6.45) is 0. The third-order valence-corrected chi connectivity index (χ3v) is 0. The second-order valence-electron chi connectivity index (χ2n) is 0.408. The molecule has 0 saturated heterocycles. The van der Waals surface area contributed by atoms with Crippen molar-refractivity contribution in [2.24, 2.45) is 0 Å². The van der Waals surface area contributed by atoms with Gasteiger partial charge in [0.15, 0.2) is 0 Å². The molecule has 0 spiro atoms. The zero-order valence-electron chi connectivity index (χ0n) is 3.10. The molecule has 4 nitrogen and oxygen atoms in total. The second-order valence-corrected chi connectivity index (χ2v) is 1.22. The minimum absolute atomic E-state index is 0. The van der Waals surface area contributed by atoms with Crippen molar-refractivity contribution < 1.29 is 34.6 Å². The Morgan fingerprint density at radius 1 is 1.14 bits per heavy atom. The Balaban J connectivity index is -0.0000000800. The van der Waals surface area contributed by atoms with Crippen LogP contribution in [-0.4, -0.2) is 35.5 Å². The fraction of sp³-hybridized carbons (Fsp3) is 0. The number of rotatable bonds is 0. The molecule has 0 aromatic rings. The maximum Gasteiger partial charge on any atom is 2.00 e. The van der Waals surface area contributed by atoms with E-state index in [1.165, 1.54) is 0 Å². The first kappa shape index (κ1) is 15.7. The molecule has 0 saturated carbocycles. The molecule has 0 radical (unpaired) electrons. The van der Waals surface area contributed by atoms with Gasteiger partial charge in [-0.1, -0.05) is 0 Å². The van der Waals surface area contributed by atoms with Gasteiger partial charge in [0.25, 0.3) is 0 Å². The van der Waals surface area contributed by atoms with Crippen molar-refractivity contribution >= 4 is 28.4 Å². The van der Waals surface area contributed by atoms with Crippen LogP contribution in [0.15, 0.2) is 0 Å². The van der Waals surface area contributed by atoms with E-state index in [0.717, 1.165) is 0 Å². The Labute approximate surface area is 63.0 Å². The smallest absolute Gasteiger partial charge is 2.00 e. The quantitative estimate of drug-likeness (QED) is 0.261. The molecule has 0 heterocycles. The van der Waals surface area contributed by atoms with Crippen molar-refractivity contribution in [2.75, 3.05) is 0 Å². The van der Waals surface area contributed by atoms with Gasteiger partial charge < -0.3 is 9.11 Å². The minimum atomic E-state index is -5.17. The molecule has 1 unspecified atom stereocenters. The molecule has 0 aromatic heterocycles. The molecule has 0 N–H and O–H groups in total. The third-order valence-electron chi connectivity index (χ3n) is 0. The first-order chi connectivity index (χ1) is 2.00. The van der Waals surface area contributed by atoms with E-state index in [1.54, 1.807) is 0 Å². The third kappa shape index (κ3) is 189. The molecule has 0 amide bonds. The van der Waals surface area contributed by atoms with Gasteiger partial charge in [0.05, 0.1) is 0 Å². The van der Waals surface area contributed by atoms with Crippen LogP contribution in [0.2, 0.25) is 0 Å². The zero-order valence-corrected chi connectivity index (χ0v) is 7.99. The van der Waals surface area contributed by atoms with Gasteiger partial charge in [-0.25, -0.2) is 0 Å². The maximum atomic E-state index is 8.52. The van der Waals surface area contributed by atoms with E-state index in [1.807, 2.05) is 0 Å². The molecule has 1 atom stereocenters.